The first-order chi connectivity index (χ1) is 26.0. The molecule has 1 aromatic carbocycles. The number of hydrogen-bond donors (Lipinski definition) is 3. The highest BCUT2D eigenvalue weighted by Gasteiger charge is 2.61. The lowest BCUT2D eigenvalue weighted by Crippen LogP contribution is -2.53. The van der Waals surface area contributed by atoms with Gasteiger partial charge in [0.05, 0.1) is 24.5 Å². The second-order valence-electron chi connectivity index (χ2n) is 15.0. The molecule has 0 aromatic heterocycles. The van der Waals surface area contributed by atoms with Crippen LogP contribution in [0.25, 0.3) is 0 Å². The topological polar surface area (TPSA) is 181 Å². The molecule has 5 aliphatic rings. The van der Waals surface area contributed by atoms with Crippen LogP contribution in [0.5, 0.6) is 0 Å². The molecule has 5 atom stereocenters. The quantitative estimate of drug-likeness (QED) is 0.268. The molecule has 14 nitrogen and oxygen atoms in total. The number of Topliss-reactive ketones (excluding diaryl/α,β-unsaturated/α-hetero) is 1. The minimum atomic E-state index is -4.97. The van der Waals surface area contributed by atoms with E-state index in [1.54, 1.807) is 22.9 Å². The van der Waals surface area contributed by atoms with Gasteiger partial charge in [-0.15, -0.1) is 0 Å². The molecule has 2 aliphatic carbocycles. The second kappa shape index (κ2) is 16.5. The number of halogens is 4. The molecular formula is C36H45F4N5O9S. The van der Waals surface area contributed by atoms with Crippen molar-refractivity contribution in [3.63, 3.8) is 0 Å². The number of alkyl carbamates (subject to hydrolysis) is 1. The summed E-state index contributed by atoms with van der Waals surface area (Å²) < 4.78 is 91.9. The Morgan fingerprint density at radius 3 is 2.44 bits per heavy atom. The zero-order valence-electron chi connectivity index (χ0n) is 30.1. The standard InChI is InChI=1S/C36H45F4N5O9S/c37-27-13-8-9-22-18-44(20-26(22)27)34(50)54-25-15-29-30(46)17-35(32(48)43-55(51,52)41-21-36(38,39)40)16-23(35)10-4-2-1-3-5-14-28(31(47)45(29)19-25)42-33(49)53-24-11-6-7-12-24/h4,8-10,13,23-25,28-29,41H,1-3,5-7,11-12,14-21H2,(H,42,49)(H,43,48)/b10-4-/t23-,25-,28+,29+,35-/m1/s1. The Morgan fingerprint density at radius 2 is 1.71 bits per heavy atom. The van der Waals surface area contributed by atoms with Gasteiger partial charge in [-0.05, 0) is 68.9 Å². The molecule has 0 radical (unpaired) electrons. The van der Waals surface area contributed by atoms with Gasteiger partial charge in [0, 0.05) is 24.9 Å². The lowest BCUT2D eigenvalue weighted by atomic mass is 9.91. The molecule has 302 valence electrons. The second-order valence-corrected chi connectivity index (χ2v) is 16.5. The Hall–Kier alpha value is -4.26. The van der Waals surface area contributed by atoms with Crippen LogP contribution in [0.2, 0.25) is 0 Å². The molecule has 2 saturated carbocycles. The monoisotopic (exact) mass is 799 g/mol. The predicted octanol–water partition coefficient (Wildman–Crippen LogP) is 4.28. The molecule has 3 N–H and O–H groups in total. The number of amides is 4. The normalized spacial score (nSPS) is 28.3. The number of carbonyl (C=O) groups is 5. The smallest absolute Gasteiger partial charge is 0.410 e. The fourth-order valence-electron chi connectivity index (χ4n) is 7.99. The van der Waals surface area contributed by atoms with Gasteiger partial charge in [-0.3, -0.25) is 19.3 Å². The van der Waals surface area contributed by atoms with Crippen LogP contribution in [0.1, 0.15) is 88.2 Å². The number of allylic oxidation sites excluding steroid dienone is 2. The van der Waals surface area contributed by atoms with E-state index in [1.807, 2.05) is 0 Å². The zero-order chi connectivity index (χ0) is 39.5. The van der Waals surface area contributed by atoms with Crippen molar-refractivity contribution in [2.45, 2.75) is 121 Å². The minimum absolute atomic E-state index is 0.0121. The van der Waals surface area contributed by atoms with E-state index in [1.165, 1.54) is 26.7 Å². The fraction of sp³-hybridized carbons (Fsp3) is 0.639. The number of ether oxygens (including phenoxy) is 2. The van der Waals surface area contributed by atoms with E-state index in [0.29, 0.717) is 49.7 Å². The highest BCUT2D eigenvalue weighted by Crippen LogP contribution is 2.57. The molecule has 6 rings (SSSR count). The highest BCUT2D eigenvalue weighted by atomic mass is 32.2. The van der Waals surface area contributed by atoms with Gasteiger partial charge in [0.15, 0.2) is 5.78 Å². The van der Waals surface area contributed by atoms with Gasteiger partial charge in [-0.1, -0.05) is 37.1 Å². The van der Waals surface area contributed by atoms with E-state index in [-0.39, 0.29) is 45.0 Å². The van der Waals surface area contributed by atoms with Crippen molar-refractivity contribution in [3.05, 3.63) is 47.3 Å². The summed E-state index contributed by atoms with van der Waals surface area (Å²) >= 11 is 0. The lowest BCUT2D eigenvalue weighted by Gasteiger charge is -2.29. The molecule has 3 aliphatic heterocycles. The van der Waals surface area contributed by atoms with E-state index in [4.69, 9.17) is 9.47 Å². The summed E-state index contributed by atoms with van der Waals surface area (Å²) in [7, 11) is -4.97. The molecule has 0 unspecified atom stereocenters. The van der Waals surface area contributed by atoms with Crippen LogP contribution in [0.3, 0.4) is 0 Å². The molecule has 55 heavy (non-hydrogen) atoms. The first kappa shape index (κ1) is 40.4. The SMILES string of the molecule is O=C(N[C@H]1CCCCC/C=C\[C@@H]2C[C@@]2(C(=O)NS(=O)(=O)NCC(F)(F)F)CC(=O)[C@@H]2C[C@@H](OC(=O)N3Cc4cccc(F)c4C3)CN2C1=O)OC1CCCC1. The van der Waals surface area contributed by atoms with Gasteiger partial charge in [0.1, 0.15) is 30.6 Å². The fourth-order valence-corrected chi connectivity index (χ4v) is 8.87. The summed E-state index contributed by atoms with van der Waals surface area (Å²) in [6.07, 6.45) is 0.687. The van der Waals surface area contributed by atoms with Crippen molar-refractivity contribution in [1.82, 2.24) is 24.6 Å². The number of ketones is 1. The van der Waals surface area contributed by atoms with Crippen LogP contribution >= 0.6 is 0 Å². The van der Waals surface area contributed by atoms with E-state index in [0.717, 1.165) is 12.8 Å². The van der Waals surface area contributed by atoms with Crippen LogP contribution in [0, 0.1) is 17.2 Å². The van der Waals surface area contributed by atoms with E-state index in [9.17, 15) is 50.0 Å². The van der Waals surface area contributed by atoms with Crippen LogP contribution < -0.4 is 14.8 Å². The Bertz CT molecular complexity index is 1810. The van der Waals surface area contributed by atoms with Crippen LogP contribution in [0.4, 0.5) is 27.2 Å². The summed E-state index contributed by atoms with van der Waals surface area (Å²) in [5.41, 5.74) is -0.709. The molecule has 3 fully saturated rings. The summed E-state index contributed by atoms with van der Waals surface area (Å²) in [6.45, 7) is -2.16. The number of nitrogens with zero attached hydrogens (tertiary/aromatic N) is 2. The minimum Gasteiger partial charge on any atom is -0.446 e. The van der Waals surface area contributed by atoms with Crippen molar-refractivity contribution in [3.8, 4) is 0 Å². The maximum atomic E-state index is 14.4. The largest absolute Gasteiger partial charge is 0.446 e. The van der Waals surface area contributed by atoms with Crippen molar-refractivity contribution < 1.29 is 59.4 Å². The maximum absolute atomic E-state index is 14.4. The molecule has 3 heterocycles. The first-order valence-electron chi connectivity index (χ1n) is 18.6. The Morgan fingerprint density at radius 1 is 0.964 bits per heavy atom. The van der Waals surface area contributed by atoms with Crippen LogP contribution in [0.15, 0.2) is 30.4 Å². The third-order valence-corrected chi connectivity index (χ3v) is 12.0. The summed E-state index contributed by atoms with van der Waals surface area (Å²) in [5.74, 6) is -3.60. The highest BCUT2D eigenvalue weighted by molar-refractivity contribution is 7.88. The van der Waals surface area contributed by atoms with E-state index >= 15 is 0 Å². The first-order valence-corrected chi connectivity index (χ1v) is 20.1. The van der Waals surface area contributed by atoms with Gasteiger partial charge in [-0.25, -0.2) is 18.7 Å². The van der Waals surface area contributed by atoms with Gasteiger partial charge in [-0.2, -0.15) is 26.3 Å². The van der Waals surface area contributed by atoms with Crippen LogP contribution in [-0.4, -0.2) is 91.6 Å². The Kier molecular flexibility index (Phi) is 12.1. The van der Waals surface area contributed by atoms with E-state index < -0.39 is 94.5 Å². The lowest BCUT2D eigenvalue weighted by molar-refractivity contribution is -0.140. The van der Waals surface area contributed by atoms with Gasteiger partial charge < -0.3 is 19.7 Å². The summed E-state index contributed by atoms with van der Waals surface area (Å²) in [6, 6.07) is 2.09. The molecule has 1 aromatic rings. The number of benzene rings is 1. The average molecular weight is 800 g/mol. The summed E-state index contributed by atoms with van der Waals surface area (Å²) in [4.78, 5) is 71.0. The number of nitrogens with one attached hydrogen (secondary N) is 3. The van der Waals surface area contributed by atoms with Crippen LogP contribution in [-0.2, 0) is 47.2 Å². The predicted molar refractivity (Wildman–Crippen MR) is 185 cm³/mol. The third kappa shape index (κ3) is 9.95. The Balaban J connectivity index is 1.23. The molecule has 0 bridgehead atoms. The zero-order valence-corrected chi connectivity index (χ0v) is 30.9. The number of hydrogen-bond acceptors (Lipinski definition) is 9. The molecule has 0 spiro atoms. The number of rotatable bonds is 7. The van der Waals surface area contributed by atoms with Crippen molar-refractivity contribution in [1.29, 1.82) is 0 Å². The average Bonchev–Trinajstić information content (AvgIpc) is 3.53. The number of carbonyl (C=O) groups excluding carboxylic acids is 5. The molecule has 1 saturated heterocycles. The van der Waals surface area contributed by atoms with Crippen molar-refractivity contribution >= 4 is 40.0 Å². The van der Waals surface area contributed by atoms with Gasteiger partial charge in [0.25, 0.3) is 0 Å². The number of fused-ring (bicyclic) bond motifs is 3. The van der Waals surface area contributed by atoms with Crippen molar-refractivity contribution in [2.75, 3.05) is 13.1 Å². The van der Waals surface area contributed by atoms with Gasteiger partial charge in [0.2, 0.25) is 11.8 Å². The maximum Gasteiger partial charge on any atom is 0.410 e. The Labute approximate surface area is 315 Å². The van der Waals surface area contributed by atoms with Crippen molar-refractivity contribution in [2.24, 2.45) is 11.3 Å². The number of alkyl halides is 3. The van der Waals surface area contributed by atoms with Gasteiger partial charge >= 0.3 is 28.6 Å². The summed E-state index contributed by atoms with van der Waals surface area (Å²) in [5, 5.41) is 2.68. The van der Waals surface area contributed by atoms with E-state index in [2.05, 4.69) is 5.32 Å². The molecule has 19 heteroatoms. The molecule has 4 amide bonds. The third-order valence-electron chi connectivity index (χ3n) is 11.0. The molecular weight excluding hydrogens is 754 g/mol.